The molecule has 0 aliphatic carbocycles. The maximum atomic E-state index is 12.9. The Labute approximate surface area is 155 Å². The van der Waals surface area contributed by atoms with Gasteiger partial charge in [0.15, 0.2) is 0 Å². The first-order valence-corrected chi connectivity index (χ1v) is 9.23. The summed E-state index contributed by atoms with van der Waals surface area (Å²) in [5.41, 5.74) is 3.34. The summed E-state index contributed by atoms with van der Waals surface area (Å²) in [4.78, 5) is 17.3. The molecule has 138 valence electrons. The summed E-state index contributed by atoms with van der Waals surface area (Å²) in [6.45, 7) is 5.63. The SMILES string of the molecule is CCc1ccc(C2CNCC2C(=O)NC(C)c2cccc(OC)n2)cc1. The lowest BCUT2D eigenvalue weighted by atomic mass is 9.87. The number of benzene rings is 1. The van der Waals surface area contributed by atoms with Crippen molar-refractivity contribution in [2.75, 3.05) is 20.2 Å². The van der Waals surface area contributed by atoms with E-state index in [9.17, 15) is 4.79 Å². The number of aromatic nitrogens is 1. The van der Waals surface area contributed by atoms with Crippen LogP contribution in [0.3, 0.4) is 0 Å². The van der Waals surface area contributed by atoms with Crippen molar-refractivity contribution in [2.45, 2.75) is 32.2 Å². The van der Waals surface area contributed by atoms with E-state index in [0.29, 0.717) is 12.4 Å². The van der Waals surface area contributed by atoms with Crippen LogP contribution in [0, 0.1) is 5.92 Å². The predicted molar refractivity (Wildman–Crippen MR) is 102 cm³/mol. The number of amides is 1. The van der Waals surface area contributed by atoms with Gasteiger partial charge in [0.2, 0.25) is 11.8 Å². The predicted octanol–water partition coefficient (Wildman–Crippen LogP) is 2.83. The molecule has 0 spiro atoms. The molecule has 1 fully saturated rings. The molecule has 0 radical (unpaired) electrons. The van der Waals surface area contributed by atoms with Crippen molar-refractivity contribution in [3.05, 3.63) is 59.3 Å². The number of hydrogen-bond acceptors (Lipinski definition) is 4. The highest BCUT2D eigenvalue weighted by atomic mass is 16.5. The van der Waals surface area contributed by atoms with Crippen LogP contribution in [0.5, 0.6) is 5.88 Å². The molecule has 5 nitrogen and oxygen atoms in total. The molecule has 3 rings (SSSR count). The van der Waals surface area contributed by atoms with Gasteiger partial charge in [0, 0.05) is 25.1 Å². The summed E-state index contributed by atoms with van der Waals surface area (Å²) in [5.74, 6) is 0.749. The van der Waals surface area contributed by atoms with E-state index >= 15 is 0 Å². The van der Waals surface area contributed by atoms with Crippen molar-refractivity contribution in [1.82, 2.24) is 15.6 Å². The van der Waals surface area contributed by atoms with Crippen LogP contribution in [-0.4, -0.2) is 31.1 Å². The third-order valence-electron chi connectivity index (χ3n) is 5.12. The maximum Gasteiger partial charge on any atom is 0.225 e. The van der Waals surface area contributed by atoms with Gasteiger partial charge in [0.05, 0.1) is 24.8 Å². The molecule has 2 N–H and O–H groups in total. The summed E-state index contributed by atoms with van der Waals surface area (Å²) in [7, 11) is 1.59. The maximum absolute atomic E-state index is 12.9. The largest absolute Gasteiger partial charge is 0.481 e. The molecule has 1 aliphatic heterocycles. The molecular weight excluding hydrogens is 326 g/mol. The molecule has 2 aromatic rings. The Morgan fingerprint density at radius 3 is 2.73 bits per heavy atom. The van der Waals surface area contributed by atoms with E-state index in [1.165, 1.54) is 11.1 Å². The fourth-order valence-corrected chi connectivity index (χ4v) is 3.48. The minimum absolute atomic E-state index is 0.0664. The van der Waals surface area contributed by atoms with Crippen LogP contribution in [0.2, 0.25) is 0 Å². The second kappa shape index (κ2) is 8.32. The van der Waals surface area contributed by atoms with E-state index in [-0.39, 0.29) is 23.8 Å². The fraction of sp³-hybridized carbons (Fsp3) is 0.429. The first-order valence-electron chi connectivity index (χ1n) is 9.23. The highest BCUT2D eigenvalue weighted by Gasteiger charge is 2.34. The molecule has 1 saturated heterocycles. The van der Waals surface area contributed by atoms with Gasteiger partial charge in [-0.15, -0.1) is 0 Å². The molecule has 5 heteroatoms. The van der Waals surface area contributed by atoms with Gasteiger partial charge in [-0.3, -0.25) is 4.79 Å². The number of aryl methyl sites for hydroxylation is 1. The van der Waals surface area contributed by atoms with Crippen molar-refractivity contribution in [3.8, 4) is 5.88 Å². The molecule has 3 unspecified atom stereocenters. The molecule has 0 saturated carbocycles. The Hall–Kier alpha value is -2.40. The topological polar surface area (TPSA) is 63.2 Å². The number of nitrogens with one attached hydrogen (secondary N) is 2. The third-order valence-corrected chi connectivity index (χ3v) is 5.12. The van der Waals surface area contributed by atoms with E-state index in [1.54, 1.807) is 13.2 Å². The minimum Gasteiger partial charge on any atom is -0.481 e. The fourth-order valence-electron chi connectivity index (χ4n) is 3.48. The molecular formula is C21H27N3O2. The quantitative estimate of drug-likeness (QED) is 0.838. The molecule has 2 heterocycles. The summed E-state index contributed by atoms with van der Waals surface area (Å²) >= 11 is 0. The van der Waals surface area contributed by atoms with Crippen molar-refractivity contribution in [2.24, 2.45) is 5.92 Å². The molecule has 26 heavy (non-hydrogen) atoms. The second-order valence-corrected chi connectivity index (χ2v) is 6.80. The van der Waals surface area contributed by atoms with E-state index in [2.05, 4.69) is 46.8 Å². The van der Waals surface area contributed by atoms with E-state index < -0.39 is 0 Å². The van der Waals surface area contributed by atoms with Gasteiger partial charge in [-0.2, -0.15) is 0 Å². The zero-order chi connectivity index (χ0) is 18.5. The Balaban J connectivity index is 1.69. The normalized spacial score (nSPS) is 20.6. The Morgan fingerprint density at radius 1 is 1.27 bits per heavy atom. The van der Waals surface area contributed by atoms with Crippen LogP contribution in [0.1, 0.15) is 42.6 Å². The zero-order valence-electron chi connectivity index (χ0n) is 15.7. The lowest BCUT2D eigenvalue weighted by Crippen LogP contribution is -2.36. The van der Waals surface area contributed by atoms with Gasteiger partial charge in [-0.25, -0.2) is 4.98 Å². The zero-order valence-corrected chi connectivity index (χ0v) is 15.7. The van der Waals surface area contributed by atoms with Crippen molar-refractivity contribution < 1.29 is 9.53 Å². The Morgan fingerprint density at radius 2 is 2.04 bits per heavy atom. The van der Waals surface area contributed by atoms with Gasteiger partial charge in [0.1, 0.15) is 0 Å². The van der Waals surface area contributed by atoms with Crippen LogP contribution in [-0.2, 0) is 11.2 Å². The number of nitrogens with zero attached hydrogens (tertiary/aromatic N) is 1. The number of pyridine rings is 1. The molecule has 1 aromatic carbocycles. The average Bonchev–Trinajstić information content (AvgIpc) is 3.18. The summed E-state index contributed by atoms with van der Waals surface area (Å²) in [6.07, 6.45) is 1.03. The number of carbonyl (C=O) groups is 1. The highest BCUT2D eigenvalue weighted by Crippen LogP contribution is 2.29. The standard InChI is InChI=1S/C21H27N3O2/c1-4-15-8-10-16(11-9-15)17-12-22-13-18(17)21(25)23-14(2)19-6-5-7-20(24-19)26-3/h5-11,14,17-18,22H,4,12-13H2,1-3H3,(H,23,25). The van der Waals surface area contributed by atoms with Gasteiger partial charge in [-0.1, -0.05) is 37.3 Å². The second-order valence-electron chi connectivity index (χ2n) is 6.80. The highest BCUT2D eigenvalue weighted by molar-refractivity contribution is 5.80. The lowest BCUT2D eigenvalue weighted by Gasteiger charge is -2.21. The molecule has 0 bridgehead atoms. The summed E-state index contributed by atoms with van der Waals surface area (Å²) in [6, 6.07) is 14.1. The average molecular weight is 353 g/mol. The number of ether oxygens (including phenoxy) is 1. The number of methoxy groups -OCH3 is 1. The lowest BCUT2D eigenvalue weighted by molar-refractivity contribution is -0.125. The molecule has 3 atom stereocenters. The number of carbonyl (C=O) groups excluding carboxylic acids is 1. The van der Waals surface area contributed by atoms with Crippen LogP contribution < -0.4 is 15.4 Å². The van der Waals surface area contributed by atoms with Crippen LogP contribution >= 0.6 is 0 Å². The summed E-state index contributed by atoms with van der Waals surface area (Å²) in [5, 5.41) is 6.48. The van der Waals surface area contributed by atoms with E-state index in [1.807, 2.05) is 19.1 Å². The minimum atomic E-state index is -0.165. The van der Waals surface area contributed by atoms with Gasteiger partial charge in [-0.05, 0) is 30.5 Å². The van der Waals surface area contributed by atoms with Crippen molar-refractivity contribution in [3.63, 3.8) is 0 Å². The molecule has 1 amide bonds. The third kappa shape index (κ3) is 4.05. The summed E-state index contributed by atoms with van der Waals surface area (Å²) < 4.78 is 5.17. The number of rotatable bonds is 6. The smallest absolute Gasteiger partial charge is 0.225 e. The van der Waals surface area contributed by atoms with Crippen LogP contribution in [0.25, 0.3) is 0 Å². The molecule has 1 aromatic heterocycles. The van der Waals surface area contributed by atoms with Gasteiger partial charge < -0.3 is 15.4 Å². The van der Waals surface area contributed by atoms with Crippen LogP contribution in [0.15, 0.2) is 42.5 Å². The Bertz CT molecular complexity index is 745. The number of hydrogen-bond donors (Lipinski definition) is 2. The van der Waals surface area contributed by atoms with Gasteiger partial charge in [0.25, 0.3) is 0 Å². The first kappa shape index (κ1) is 18.4. The van der Waals surface area contributed by atoms with Crippen LogP contribution in [0.4, 0.5) is 0 Å². The van der Waals surface area contributed by atoms with E-state index in [0.717, 1.165) is 18.7 Å². The first-order chi connectivity index (χ1) is 12.6. The Kier molecular flexibility index (Phi) is 5.89. The molecule has 1 aliphatic rings. The van der Waals surface area contributed by atoms with Crippen molar-refractivity contribution >= 4 is 5.91 Å². The van der Waals surface area contributed by atoms with E-state index in [4.69, 9.17) is 4.74 Å². The van der Waals surface area contributed by atoms with Crippen molar-refractivity contribution in [1.29, 1.82) is 0 Å². The monoisotopic (exact) mass is 353 g/mol. The van der Waals surface area contributed by atoms with Gasteiger partial charge >= 0.3 is 0 Å².